The van der Waals surface area contributed by atoms with Crippen molar-refractivity contribution in [2.75, 3.05) is 11.9 Å². The van der Waals surface area contributed by atoms with Gasteiger partial charge in [-0.25, -0.2) is 4.68 Å². The Morgan fingerprint density at radius 3 is 2.69 bits per heavy atom. The van der Waals surface area contributed by atoms with Gasteiger partial charge in [0.15, 0.2) is 0 Å². The minimum Gasteiger partial charge on any atom is -0.369 e. The second kappa shape index (κ2) is 6.45. The van der Waals surface area contributed by atoms with Crippen LogP contribution in [0, 0.1) is 3.57 Å². The van der Waals surface area contributed by atoms with Crippen LogP contribution in [0.25, 0.3) is 16.9 Å². The number of rotatable bonds is 2. The summed E-state index contributed by atoms with van der Waals surface area (Å²) in [6.07, 6.45) is -3.69. The van der Waals surface area contributed by atoms with Crippen molar-refractivity contribution in [1.29, 1.82) is 0 Å². The van der Waals surface area contributed by atoms with E-state index in [4.69, 9.17) is 11.6 Å². The topological polar surface area (TPSA) is 29.9 Å². The van der Waals surface area contributed by atoms with Crippen molar-refractivity contribution in [1.82, 2.24) is 9.78 Å². The number of fused-ring (bicyclic) bond motifs is 1. The van der Waals surface area contributed by atoms with Crippen LogP contribution in [0.1, 0.15) is 11.1 Å². The summed E-state index contributed by atoms with van der Waals surface area (Å²) < 4.78 is 41.9. The van der Waals surface area contributed by atoms with Gasteiger partial charge in [0, 0.05) is 21.2 Å². The van der Waals surface area contributed by atoms with E-state index in [1.54, 1.807) is 0 Å². The van der Waals surface area contributed by atoms with Crippen LogP contribution in [0.3, 0.4) is 0 Å². The Labute approximate surface area is 166 Å². The molecule has 0 amide bonds. The first kappa shape index (κ1) is 17.7. The molecule has 1 aliphatic heterocycles. The van der Waals surface area contributed by atoms with E-state index in [-0.39, 0.29) is 10.7 Å². The summed E-state index contributed by atoms with van der Waals surface area (Å²) in [6, 6.07) is 11.1. The van der Waals surface area contributed by atoms with Crippen molar-refractivity contribution in [3.8, 4) is 16.9 Å². The van der Waals surface area contributed by atoms with Crippen molar-refractivity contribution < 1.29 is 13.2 Å². The zero-order chi connectivity index (χ0) is 18.5. The van der Waals surface area contributed by atoms with Gasteiger partial charge in [0.2, 0.25) is 0 Å². The Kier molecular flexibility index (Phi) is 4.38. The van der Waals surface area contributed by atoms with Gasteiger partial charge in [0.05, 0.1) is 22.0 Å². The first-order chi connectivity index (χ1) is 12.3. The molecular formula is C18H12ClF3IN3. The number of alkyl halides is 3. The van der Waals surface area contributed by atoms with Crippen molar-refractivity contribution >= 4 is 40.0 Å². The summed E-state index contributed by atoms with van der Waals surface area (Å²) in [6.45, 7) is 0.709. The fourth-order valence-corrected chi connectivity index (χ4v) is 3.81. The maximum absolute atomic E-state index is 13.1. The number of anilines is 1. The fraction of sp³-hybridized carbons (Fsp3) is 0.167. The van der Waals surface area contributed by atoms with Gasteiger partial charge in [0.25, 0.3) is 0 Å². The third-order valence-corrected chi connectivity index (χ3v) is 5.24. The van der Waals surface area contributed by atoms with E-state index in [0.29, 0.717) is 12.4 Å². The van der Waals surface area contributed by atoms with Gasteiger partial charge in [-0.3, -0.25) is 0 Å². The third-order valence-electron chi connectivity index (χ3n) is 4.25. The molecule has 0 bridgehead atoms. The van der Waals surface area contributed by atoms with Crippen LogP contribution in [0.15, 0.2) is 42.5 Å². The van der Waals surface area contributed by atoms with Crippen LogP contribution in [0.4, 0.5) is 19.0 Å². The molecule has 0 unspecified atom stereocenters. The number of nitrogens with zero attached hydrogens (tertiary/aromatic N) is 2. The van der Waals surface area contributed by atoms with Crippen LogP contribution in [0.2, 0.25) is 5.02 Å². The van der Waals surface area contributed by atoms with Crippen molar-refractivity contribution in [3.05, 3.63) is 62.2 Å². The van der Waals surface area contributed by atoms with Crippen LogP contribution in [0.5, 0.6) is 0 Å². The molecule has 0 fully saturated rings. The van der Waals surface area contributed by atoms with E-state index in [2.05, 4.69) is 33.0 Å². The summed E-state index contributed by atoms with van der Waals surface area (Å²) in [5, 5.41) is 8.03. The second-order valence-electron chi connectivity index (χ2n) is 5.94. The molecule has 2 aromatic carbocycles. The fourth-order valence-electron chi connectivity index (χ4n) is 3.07. The normalized spacial score (nSPS) is 13.6. The van der Waals surface area contributed by atoms with E-state index in [1.807, 2.05) is 24.3 Å². The molecule has 0 saturated carbocycles. The molecule has 0 saturated heterocycles. The largest absolute Gasteiger partial charge is 0.416 e. The highest BCUT2D eigenvalue weighted by atomic mass is 127. The van der Waals surface area contributed by atoms with Gasteiger partial charge in [-0.15, -0.1) is 0 Å². The number of nitrogens with one attached hydrogen (secondary N) is 1. The van der Waals surface area contributed by atoms with E-state index in [1.165, 1.54) is 10.7 Å². The van der Waals surface area contributed by atoms with Crippen molar-refractivity contribution in [2.45, 2.75) is 12.6 Å². The van der Waals surface area contributed by atoms with Gasteiger partial charge in [-0.05, 0) is 59.3 Å². The number of halogens is 5. The molecule has 134 valence electrons. The Morgan fingerprint density at radius 2 is 1.96 bits per heavy atom. The van der Waals surface area contributed by atoms with E-state index < -0.39 is 11.7 Å². The molecule has 4 rings (SSSR count). The van der Waals surface area contributed by atoms with Crippen molar-refractivity contribution in [2.24, 2.45) is 0 Å². The number of benzene rings is 2. The van der Waals surface area contributed by atoms with Gasteiger partial charge in [-0.2, -0.15) is 18.3 Å². The van der Waals surface area contributed by atoms with Crippen LogP contribution < -0.4 is 5.32 Å². The molecule has 0 aliphatic carbocycles. The zero-order valence-corrected chi connectivity index (χ0v) is 16.2. The highest BCUT2D eigenvalue weighted by molar-refractivity contribution is 14.1. The highest BCUT2D eigenvalue weighted by Crippen LogP contribution is 2.38. The third kappa shape index (κ3) is 3.07. The van der Waals surface area contributed by atoms with Crippen molar-refractivity contribution in [3.63, 3.8) is 0 Å². The molecular weight excluding hydrogens is 478 g/mol. The van der Waals surface area contributed by atoms with Crippen LogP contribution >= 0.6 is 34.2 Å². The quantitative estimate of drug-likeness (QED) is 0.462. The average Bonchev–Trinajstić information content (AvgIpc) is 3.16. The molecule has 0 atom stereocenters. The molecule has 0 radical (unpaired) electrons. The van der Waals surface area contributed by atoms with Crippen LogP contribution in [-0.4, -0.2) is 16.3 Å². The zero-order valence-electron chi connectivity index (χ0n) is 13.2. The minimum absolute atomic E-state index is 0.212. The molecule has 26 heavy (non-hydrogen) atoms. The number of hydrogen-bond acceptors (Lipinski definition) is 2. The monoisotopic (exact) mass is 489 g/mol. The standard InChI is InChI=1S/C18H12ClF3IN3/c19-14-5-4-11(18(20,21)22)9-15(14)26-17-13(6-7-24-17)16(25-26)10-2-1-3-12(23)8-10/h1-5,8-9,24H,6-7H2. The second-order valence-corrected chi connectivity index (χ2v) is 7.59. The predicted octanol–water partition coefficient (Wildman–Crippen LogP) is 5.78. The lowest BCUT2D eigenvalue weighted by molar-refractivity contribution is -0.137. The minimum atomic E-state index is -4.44. The molecule has 0 spiro atoms. The van der Waals surface area contributed by atoms with Crippen LogP contribution in [-0.2, 0) is 12.6 Å². The van der Waals surface area contributed by atoms with E-state index in [0.717, 1.165) is 38.9 Å². The summed E-state index contributed by atoms with van der Waals surface area (Å²) >= 11 is 8.43. The first-order valence-corrected chi connectivity index (χ1v) is 9.29. The molecule has 3 aromatic rings. The highest BCUT2D eigenvalue weighted by Gasteiger charge is 2.32. The maximum Gasteiger partial charge on any atom is 0.416 e. The van der Waals surface area contributed by atoms with Gasteiger partial charge >= 0.3 is 6.18 Å². The summed E-state index contributed by atoms with van der Waals surface area (Å²) in [7, 11) is 0. The lowest BCUT2D eigenvalue weighted by atomic mass is 10.1. The lowest BCUT2D eigenvalue weighted by Gasteiger charge is -2.12. The first-order valence-electron chi connectivity index (χ1n) is 7.83. The molecule has 8 heteroatoms. The van der Waals surface area contributed by atoms with Gasteiger partial charge in [0.1, 0.15) is 5.82 Å². The summed E-state index contributed by atoms with van der Waals surface area (Å²) in [5.41, 5.74) is 2.13. The Morgan fingerprint density at radius 1 is 1.15 bits per heavy atom. The Hall–Kier alpha value is -1.74. The molecule has 2 heterocycles. The smallest absolute Gasteiger partial charge is 0.369 e. The summed E-state index contributed by atoms with van der Waals surface area (Å²) in [5.74, 6) is 0.695. The molecule has 1 aliphatic rings. The summed E-state index contributed by atoms with van der Waals surface area (Å²) in [4.78, 5) is 0. The maximum atomic E-state index is 13.1. The Balaban J connectivity index is 1.91. The average molecular weight is 490 g/mol. The SMILES string of the molecule is FC(F)(F)c1ccc(Cl)c(-n2nc(-c3cccc(I)c3)c3c2NCC3)c1. The van der Waals surface area contributed by atoms with E-state index >= 15 is 0 Å². The number of aromatic nitrogens is 2. The number of hydrogen-bond donors (Lipinski definition) is 1. The lowest BCUT2D eigenvalue weighted by Crippen LogP contribution is -2.09. The predicted molar refractivity (Wildman–Crippen MR) is 104 cm³/mol. The molecule has 3 nitrogen and oxygen atoms in total. The van der Waals surface area contributed by atoms with Gasteiger partial charge in [-0.1, -0.05) is 23.7 Å². The van der Waals surface area contributed by atoms with Gasteiger partial charge < -0.3 is 5.32 Å². The molecule has 1 N–H and O–H groups in total. The Bertz CT molecular complexity index is 998. The molecule has 1 aromatic heterocycles. The van der Waals surface area contributed by atoms with E-state index in [9.17, 15) is 13.2 Å².